The van der Waals surface area contributed by atoms with Crippen LogP contribution in [0, 0.1) is 0 Å². The molecule has 2 rings (SSSR count). The van der Waals surface area contributed by atoms with Crippen LogP contribution in [-0.4, -0.2) is 15.0 Å². The Balaban J connectivity index is 2.53. The maximum Gasteiger partial charge on any atom is 0.179 e. The van der Waals surface area contributed by atoms with Crippen LogP contribution in [-0.2, 0) is 0 Å². The van der Waals surface area contributed by atoms with Gasteiger partial charge in [0.1, 0.15) is 5.69 Å². The van der Waals surface area contributed by atoms with Gasteiger partial charge in [-0.25, -0.2) is 15.0 Å². The summed E-state index contributed by atoms with van der Waals surface area (Å²) in [4.78, 5) is 12.1. The molecule has 0 amide bonds. The summed E-state index contributed by atoms with van der Waals surface area (Å²) < 4.78 is 0. The number of hydrogen-bond acceptors (Lipinski definition) is 4. The van der Waals surface area contributed by atoms with Gasteiger partial charge in [0.05, 0.1) is 16.9 Å². The average Bonchev–Trinajstić information content (AvgIpc) is 2.19. The number of nitrogen functional groups attached to an aromatic ring is 1. The van der Waals surface area contributed by atoms with Gasteiger partial charge in [0, 0.05) is 12.4 Å². The van der Waals surface area contributed by atoms with E-state index in [4.69, 9.17) is 17.3 Å². The number of nitrogens with two attached hydrogens (primary N) is 1. The van der Waals surface area contributed by atoms with Crippen LogP contribution in [0.4, 0.5) is 5.69 Å². The maximum atomic E-state index is 5.94. The molecule has 5 heteroatoms. The van der Waals surface area contributed by atoms with E-state index in [2.05, 4.69) is 15.0 Å². The zero-order valence-corrected chi connectivity index (χ0v) is 7.94. The second-order valence-corrected chi connectivity index (χ2v) is 3.08. The van der Waals surface area contributed by atoms with Crippen molar-refractivity contribution in [3.63, 3.8) is 0 Å². The van der Waals surface area contributed by atoms with Gasteiger partial charge in [-0.3, -0.25) is 0 Å². The summed E-state index contributed by atoms with van der Waals surface area (Å²) in [5.74, 6) is 0.498. The number of hydrogen-bond donors (Lipinski definition) is 1. The number of rotatable bonds is 1. The SMILES string of the molecule is Nc1cnc(-c2ncccn2)c(Cl)c1. The van der Waals surface area contributed by atoms with E-state index in [0.29, 0.717) is 22.2 Å². The van der Waals surface area contributed by atoms with E-state index < -0.39 is 0 Å². The standard InChI is InChI=1S/C9H7ClN4/c10-7-4-6(11)5-14-8(7)9-12-2-1-3-13-9/h1-5H,11H2. The Bertz CT molecular complexity index is 444. The number of anilines is 1. The van der Waals surface area contributed by atoms with E-state index in [9.17, 15) is 0 Å². The van der Waals surface area contributed by atoms with Gasteiger partial charge in [-0.05, 0) is 12.1 Å². The molecule has 14 heavy (non-hydrogen) atoms. The van der Waals surface area contributed by atoms with E-state index >= 15 is 0 Å². The van der Waals surface area contributed by atoms with Crippen molar-refractivity contribution >= 4 is 17.3 Å². The van der Waals surface area contributed by atoms with Crippen LogP contribution in [0.15, 0.2) is 30.7 Å². The highest BCUT2D eigenvalue weighted by molar-refractivity contribution is 6.33. The van der Waals surface area contributed by atoms with Crippen LogP contribution in [0.5, 0.6) is 0 Å². The summed E-state index contributed by atoms with van der Waals surface area (Å²) in [6.45, 7) is 0. The van der Waals surface area contributed by atoms with Crippen molar-refractivity contribution in [1.29, 1.82) is 0 Å². The highest BCUT2D eigenvalue weighted by Crippen LogP contribution is 2.23. The number of aromatic nitrogens is 3. The Morgan fingerprint density at radius 3 is 2.50 bits per heavy atom. The summed E-state index contributed by atoms with van der Waals surface area (Å²) in [6, 6.07) is 3.36. The lowest BCUT2D eigenvalue weighted by molar-refractivity contribution is 1.14. The monoisotopic (exact) mass is 206 g/mol. The van der Waals surface area contributed by atoms with Gasteiger partial charge < -0.3 is 5.73 Å². The fraction of sp³-hybridized carbons (Fsp3) is 0. The lowest BCUT2D eigenvalue weighted by Crippen LogP contribution is -1.93. The highest BCUT2D eigenvalue weighted by Gasteiger charge is 2.06. The van der Waals surface area contributed by atoms with Gasteiger partial charge in [0.2, 0.25) is 0 Å². The Labute approximate surface area is 85.8 Å². The molecule has 0 spiro atoms. The highest BCUT2D eigenvalue weighted by atomic mass is 35.5. The van der Waals surface area contributed by atoms with Crippen LogP contribution in [0.25, 0.3) is 11.5 Å². The normalized spacial score (nSPS) is 10.1. The minimum atomic E-state index is 0.455. The third kappa shape index (κ3) is 1.65. The minimum Gasteiger partial charge on any atom is -0.397 e. The molecule has 0 bridgehead atoms. The lowest BCUT2D eigenvalue weighted by atomic mass is 10.3. The molecular formula is C9H7ClN4. The van der Waals surface area contributed by atoms with Crippen LogP contribution >= 0.6 is 11.6 Å². The Morgan fingerprint density at radius 2 is 1.86 bits per heavy atom. The number of halogens is 1. The first kappa shape index (κ1) is 8.90. The molecule has 0 aromatic carbocycles. The van der Waals surface area contributed by atoms with E-state index in [-0.39, 0.29) is 0 Å². The van der Waals surface area contributed by atoms with Gasteiger partial charge in [-0.2, -0.15) is 0 Å². The predicted molar refractivity (Wildman–Crippen MR) is 54.7 cm³/mol. The summed E-state index contributed by atoms with van der Waals surface area (Å²) in [7, 11) is 0. The first-order valence-electron chi connectivity index (χ1n) is 3.96. The van der Waals surface area contributed by atoms with Crippen molar-refractivity contribution in [2.24, 2.45) is 0 Å². The van der Waals surface area contributed by atoms with Crippen LogP contribution < -0.4 is 5.73 Å². The maximum absolute atomic E-state index is 5.94. The van der Waals surface area contributed by atoms with Crippen LogP contribution in [0.2, 0.25) is 5.02 Å². The molecule has 0 saturated carbocycles. The fourth-order valence-corrected chi connectivity index (χ4v) is 1.30. The van der Waals surface area contributed by atoms with E-state index in [1.54, 1.807) is 24.5 Å². The van der Waals surface area contributed by atoms with Crippen molar-refractivity contribution in [3.05, 3.63) is 35.7 Å². The Hall–Kier alpha value is -1.68. The molecule has 0 atom stereocenters. The molecule has 2 aromatic heterocycles. The lowest BCUT2D eigenvalue weighted by Gasteiger charge is -2.01. The topological polar surface area (TPSA) is 64.7 Å². The molecule has 0 saturated heterocycles. The largest absolute Gasteiger partial charge is 0.397 e. The quantitative estimate of drug-likeness (QED) is 0.773. The number of nitrogens with zero attached hydrogens (tertiary/aromatic N) is 3. The van der Waals surface area contributed by atoms with E-state index in [1.807, 2.05) is 0 Å². The summed E-state index contributed by atoms with van der Waals surface area (Å²) in [5, 5.41) is 0.455. The van der Waals surface area contributed by atoms with Gasteiger partial charge in [0.15, 0.2) is 5.82 Å². The van der Waals surface area contributed by atoms with Gasteiger partial charge >= 0.3 is 0 Å². The molecule has 0 fully saturated rings. The van der Waals surface area contributed by atoms with Gasteiger partial charge in [-0.15, -0.1) is 0 Å². The van der Waals surface area contributed by atoms with Crippen molar-refractivity contribution in [2.75, 3.05) is 5.73 Å². The molecule has 0 aliphatic rings. The Morgan fingerprint density at radius 1 is 1.14 bits per heavy atom. The average molecular weight is 207 g/mol. The van der Waals surface area contributed by atoms with Crippen molar-refractivity contribution < 1.29 is 0 Å². The third-order valence-electron chi connectivity index (χ3n) is 1.64. The smallest absolute Gasteiger partial charge is 0.179 e. The summed E-state index contributed by atoms with van der Waals surface area (Å²) in [6.07, 6.45) is 4.80. The zero-order valence-electron chi connectivity index (χ0n) is 7.18. The van der Waals surface area contributed by atoms with E-state index in [0.717, 1.165) is 0 Å². The van der Waals surface area contributed by atoms with Crippen molar-refractivity contribution in [3.8, 4) is 11.5 Å². The second-order valence-electron chi connectivity index (χ2n) is 2.67. The van der Waals surface area contributed by atoms with Gasteiger partial charge in [0.25, 0.3) is 0 Å². The molecule has 0 aliphatic heterocycles. The summed E-state index contributed by atoms with van der Waals surface area (Å²) in [5.41, 5.74) is 6.58. The molecule has 0 unspecified atom stereocenters. The molecule has 0 aliphatic carbocycles. The molecular weight excluding hydrogens is 200 g/mol. The minimum absolute atomic E-state index is 0.455. The zero-order chi connectivity index (χ0) is 9.97. The van der Waals surface area contributed by atoms with E-state index in [1.165, 1.54) is 6.20 Å². The van der Waals surface area contributed by atoms with Crippen molar-refractivity contribution in [1.82, 2.24) is 15.0 Å². The second kappa shape index (κ2) is 3.59. The molecule has 4 nitrogen and oxygen atoms in total. The molecule has 2 heterocycles. The summed E-state index contributed by atoms with van der Waals surface area (Å²) >= 11 is 5.94. The molecule has 70 valence electrons. The van der Waals surface area contributed by atoms with Crippen LogP contribution in [0.3, 0.4) is 0 Å². The molecule has 2 aromatic rings. The first-order chi connectivity index (χ1) is 6.77. The first-order valence-corrected chi connectivity index (χ1v) is 4.33. The van der Waals surface area contributed by atoms with Crippen LogP contribution in [0.1, 0.15) is 0 Å². The van der Waals surface area contributed by atoms with Gasteiger partial charge in [-0.1, -0.05) is 11.6 Å². The Kier molecular flexibility index (Phi) is 2.28. The molecule has 0 radical (unpaired) electrons. The number of pyridine rings is 1. The predicted octanol–water partition coefficient (Wildman–Crippen LogP) is 1.77. The third-order valence-corrected chi connectivity index (χ3v) is 1.93. The van der Waals surface area contributed by atoms with Crippen molar-refractivity contribution in [2.45, 2.75) is 0 Å². The fourth-order valence-electron chi connectivity index (χ4n) is 1.04. The molecule has 2 N–H and O–H groups in total.